The van der Waals surface area contributed by atoms with Crippen LogP contribution in [0.3, 0.4) is 0 Å². The number of pyridine rings is 2. The van der Waals surface area contributed by atoms with Crippen LogP contribution in [0.5, 0.6) is 0 Å². The summed E-state index contributed by atoms with van der Waals surface area (Å²) in [5.41, 5.74) is 6.26. The van der Waals surface area contributed by atoms with Gasteiger partial charge >= 0.3 is 0 Å². The lowest BCUT2D eigenvalue weighted by Gasteiger charge is -2.08. The summed E-state index contributed by atoms with van der Waals surface area (Å²) in [4.78, 5) is 9.63. The molecule has 25 heavy (non-hydrogen) atoms. The first-order valence-corrected chi connectivity index (χ1v) is 8.36. The van der Waals surface area contributed by atoms with E-state index in [9.17, 15) is 0 Å². The van der Waals surface area contributed by atoms with Crippen LogP contribution in [0.1, 0.15) is 11.4 Å². The molecule has 0 aromatic carbocycles. The van der Waals surface area contributed by atoms with Crippen molar-refractivity contribution in [1.82, 2.24) is 19.1 Å². The van der Waals surface area contributed by atoms with Crippen LogP contribution in [0.15, 0.2) is 73.1 Å². The van der Waals surface area contributed by atoms with E-state index in [-0.39, 0.29) is 0 Å². The summed E-state index contributed by atoms with van der Waals surface area (Å²) in [6.07, 6.45) is 4.79. The van der Waals surface area contributed by atoms with Crippen molar-refractivity contribution >= 4 is 0 Å². The maximum atomic E-state index is 4.82. The van der Waals surface area contributed by atoms with Crippen LogP contribution < -0.4 is 0 Å². The Labute approximate surface area is 147 Å². The molecule has 4 aromatic rings. The molecule has 4 aromatic heterocycles. The average molecular weight is 328 g/mol. The average Bonchev–Trinajstić information content (AvgIpc) is 3.23. The zero-order chi connectivity index (χ0) is 17.2. The lowest BCUT2D eigenvalue weighted by Crippen LogP contribution is -2.00. The molecule has 0 N–H and O–H groups in total. The zero-order valence-corrected chi connectivity index (χ0v) is 14.4. The Morgan fingerprint density at radius 2 is 1.12 bits per heavy atom. The van der Waals surface area contributed by atoms with Gasteiger partial charge in [-0.3, -0.25) is 9.97 Å². The molecule has 0 saturated carbocycles. The van der Waals surface area contributed by atoms with Crippen LogP contribution in [-0.2, 0) is 20.5 Å². The maximum absolute atomic E-state index is 4.82. The molecule has 0 radical (unpaired) electrons. The summed E-state index contributed by atoms with van der Waals surface area (Å²) in [6.45, 7) is 0. The summed E-state index contributed by atoms with van der Waals surface area (Å²) in [6, 6.07) is 20.6. The van der Waals surface area contributed by atoms with Crippen LogP contribution in [0.4, 0.5) is 0 Å². The third-order valence-corrected chi connectivity index (χ3v) is 4.39. The fraction of sp³-hybridized carbons (Fsp3) is 0.143. The molecule has 0 bridgehead atoms. The van der Waals surface area contributed by atoms with Gasteiger partial charge in [-0.2, -0.15) is 0 Å². The molecule has 4 rings (SSSR count). The highest BCUT2D eigenvalue weighted by Crippen LogP contribution is 2.20. The van der Waals surface area contributed by atoms with E-state index in [1.807, 2.05) is 50.8 Å². The Morgan fingerprint density at radius 3 is 1.52 bits per heavy atom. The number of rotatable bonds is 4. The summed E-state index contributed by atoms with van der Waals surface area (Å²) in [5.74, 6) is 0. The van der Waals surface area contributed by atoms with Crippen LogP contribution in [0.2, 0.25) is 0 Å². The normalized spacial score (nSPS) is 11.0. The zero-order valence-electron chi connectivity index (χ0n) is 14.4. The van der Waals surface area contributed by atoms with E-state index in [1.165, 1.54) is 0 Å². The second kappa shape index (κ2) is 6.40. The summed E-state index contributed by atoms with van der Waals surface area (Å²) in [7, 11) is 4.07. The van der Waals surface area contributed by atoms with Crippen LogP contribution in [-0.4, -0.2) is 19.1 Å². The minimum absolute atomic E-state index is 0.719. The fourth-order valence-electron chi connectivity index (χ4n) is 3.08. The summed E-state index contributed by atoms with van der Waals surface area (Å²) in [5, 5.41) is 0. The SMILES string of the molecule is Cn1cccc1-c1cccc(Cc2cccc(-c3cccn3C)n2)n1. The van der Waals surface area contributed by atoms with E-state index in [0.717, 1.165) is 40.6 Å². The molecule has 4 nitrogen and oxygen atoms in total. The second-order valence-electron chi connectivity index (χ2n) is 6.21. The Bertz CT molecular complexity index is 928. The predicted molar refractivity (Wildman–Crippen MR) is 100 cm³/mol. The van der Waals surface area contributed by atoms with Gasteiger partial charge in [-0.15, -0.1) is 0 Å². The van der Waals surface area contributed by atoms with Gasteiger partial charge in [0.15, 0.2) is 0 Å². The molecular formula is C21H20N4. The lowest BCUT2D eigenvalue weighted by atomic mass is 10.1. The Hall–Kier alpha value is -3.14. The van der Waals surface area contributed by atoms with Crippen LogP contribution >= 0.6 is 0 Å². The molecule has 0 aliphatic heterocycles. The molecule has 124 valence electrons. The van der Waals surface area contributed by atoms with Gasteiger partial charge in [0.1, 0.15) is 0 Å². The highest BCUT2D eigenvalue weighted by atomic mass is 15.0. The van der Waals surface area contributed by atoms with Crippen molar-refractivity contribution in [2.45, 2.75) is 6.42 Å². The number of aryl methyl sites for hydroxylation is 2. The Morgan fingerprint density at radius 1 is 0.640 bits per heavy atom. The Balaban J connectivity index is 1.63. The van der Waals surface area contributed by atoms with Crippen molar-refractivity contribution in [3.05, 3.63) is 84.4 Å². The lowest BCUT2D eigenvalue weighted by molar-refractivity contribution is 0.919. The van der Waals surface area contributed by atoms with Crippen LogP contribution in [0.25, 0.3) is 22.8 Å². The molecule has 4 heteroatoms. The minimum atomic E-state index is 0.719. The molecule has 4 heterocycles. The molecule has 0 fully saturated rings. The largest absolute Gasteiger partial charge is 0.349 e. The maximum Gasteiger partial charge on any atom is 0.0869 e. The first kappa shape index (κ1) is 15.4. The topological polar surface area (TPSA) is 35.6 Å². The summed E-state index contributed by atoms with van der Waals surface area (Å²) < 4.78 is 4.17. The molecule has 0 saturated heterocycles. The van der Waals surface area contributed by atoms with Crippen molar-refractivity contribution in [3.63, 3.8) is 0 Å². The van der Waals surface area contributed by atoms with Gasteiger partial charge < -0.3 is 9.13 Å². The van der Waals surface area contributed by atoms with E-state index < -0.39 is 0 Å². The Kier molecular flexibility index (Phi) is 3.94. The van der Waals surface area contributed by atoms with E-state index >= 15 is 0 Å². The quantitative estimate of drug-likeness (QED) is 0.566. The number of hydrogen-bond donors (Lipinski definition) is 0. The monoisotopic (exact) mass is 328 g/mol. The molecule has 0 spiro atoms. The van der Waals surface area contributed by atoms with Gasteiger partial charge in [0.2, 0.25) is 0 Å². The van der Waals surface area contributed by atoms with Crippen molar-refractivity contribution in [1.29, 1.82) is 0 Å². The van der Waals surface area contributed by atoms with Gasteiger partial charge in [-0.25, -0.2) is 0 Å². The third kappa shape index (κ3) is 3.11. The van der Waals surface area contributed by atoms with E-state index in [0.29, 0.717) is 0 Å². The highest BCUT2D eigenvalue weighted by molar-refractivity contribution is 5.56. The van der Waals surface area contributed by atoms with E-state index in [1.54, 1.807) is 0 Å². The molecule has 0 aliphatic rings. The van der Waals surface area contributed by atoms with E-state index in [2.05, 4.69) is 45.5 Å². The van der Waals surface area contributed by atoms with Crippen molar-refractivity contribution < 1.29 is 0 Å². The van der Waals surface area contributed by atoms with Crippen molar-refractivity contribution in [2.24, 2.45) is 14.1 Å². The van der Waals surface area contributed by atoms with Crippen molar-refractivity contribution in [2.75, 3.05) is 0 Å². The van der Waals surface area contributed by atoms with Gasteiger partial charge in [0, 0.05) is 44.3 Å². The van der Waals surface area contributed by atoms with Gasteiger partial charge in [0.25, 0.3) is 0 Å². The number of aromatic nitrogens is 4. The predicted octanol–water partition coefficient (Wildman–Crippen LogP) is 4.08. The van der Waals surface area contributed by atoms with Crippen molar-refractivity contribution in [3.8, 4) is 22.8 Å². The highest BCUT2D eigenvalue weighted by Gasteiger charge is 2.07. The first-order chi connectivity index (χ1) is 12.2. The van der Waals surface area contributed by atoms with Gasteiger partial charge in [-0.1, -0.05) is 12.1 Å². The van der Waals surface area contributed by atoms with Gasteiger partial charge in [-0.05, 0) is 48.5 Å². The molecular weight excluding hydrogens is 308 g/mol. The molecule has 0 unspecified atom stereocenters. The number of nitrogens with zero attached hydrogens (tertiary/aromatic N) is 4. The molecule has 0 atom stereocenters. The third-order valence-electron chi connectivity index (χ3n) is 4.39. The summed E-state index contributed by atoms with van der Waals surface area (Å²) >= 11 is 0. The molecule has 0 amide bonds. The standard InChI is InChI=1S/C21H20N4/c1-24-13-5-11-20(24)18-9-3-7-16(22-18)15-17-8-4-10-19(23-17)21-12-6-14-25(21)2/h3-14H,15H2,1-2H3. The molecule has 0 aliphatic carbocycles. The fourth-order valence-corrected chi connectivity index (χ4v) is 3.08. The van der Waals surface area contributed by atoms with Crippen LogP contribution in [0, 0.1) is 0 Å². The first-order valence-electron chi connectivity index (χ1n) is 8.36. The minimum Gasteiger partial charge on any atom is -0.349 e. The van der Waals surface area contributed by atoms with Gasteiger partial charge in [0.05, 0.1) is 22.8 Å². The van der Waals surface area contributed by atoms with E-state index in [4.69, 9.17) is 9.97 Å². The number of hydrogen-bond acceptors (Lipinski definition) is 2. The second-order valence-corrected chi connectivity index (χ2v) is 6.21. The smallest absolute Gasteiger partial charge is 0.0869 e.